The maximum Gasteiger partial charge on any atom is 0.226 e. The third-order valence-electron chi connectivity index (χ3n) is 5.04. The minimum atomic E-state index is 0. The summed E-state index contributed by atoms with van der Waals surface area (Å²) in [4.78, 5) is 9.28. The first-order valence-electron chi connectivity index (χ1n) is 10.1. The lowest BCUT2D eigenvalue weighted by Crippen LogP contribution is -2.38. The van der Waals surface area contributed by atoms with Crippen molar-refractivity contribution in [1.82, 2.24) is 20.8 Å². The fourth-order valence-electron chi connectivity index (χ4n) is 3.18. The van der Waals surface area contributed by atoms with Crippen LogP contribution in [0.4, 0.5) is 0 Å². The van der Waals surface area contributed by atoms with Crippen LogP contribution in [0.25, 0.3) is 0 Å². The van der Waals surface area contributed by atoms with Gasteiger partial charge in [-0.1, -0.05) is 53.1 Å². The van der Waals surface area contributed by atoms with Gasteiger partial charge in [0.2, 0.25) is 5.89 Å². The van der Waals surface area contributed by atoms with Gasteiger partial charge in [0, 0.05) is 35.3 Å². The van der Waals surface area contributed by atoms with Crippen LogP contribution in [0, 0.1) is 0 Å². The van der Waals surface area contributed by atoms with Crippen LogP contribution in [0.1, 0.15) is 63.2 Å². The first-order valence-corrected chi connectivity index (χ1v) is 10.9. The van der Waals surface area contributed by atoms with E-state index in [1.54, 1.807) is 0 Å². The molecule has 0 radical (unpaired) electrons. The first kappa shape index (κ1) is 24.1. The number of aromatic nitrogens is 2. The van der Waals surface area contributed by atoms with Gasteiger partial charge >= 0.3 is 0 Å². The summed E-state index contributed by atoms with van der Waals surface area (Å²) < 4.78 is 6.48. The van der Waals surface area contributed by atoms with Gasteiger partial charge in [-0.2, -0.15) is 4.98 Å². The second kappa shape index (κ2) is 11.3. The quantitative estimate of drug-likeness (QED) is 0.194. The van der Waals surface area contributed by atoms with E-state index >= 15 is 0 Å². The molecule has 0 atom stereocenters. The smallest absolute Gasteiger partial charge is 0.226 e. The van der Waals surface area contributed by atoms with E-state index in [-0.39, 0.29) is 29.4 Å². The molecule has 1 aliphatic carbocycles. The van der Waals surface area contributed by atoms with Crippen LogP contribution in [-0.4, -0.2) is 35.7 Å². The molecule has 6 nitrogen and oxygen atoms in total. The highest BCUT2D eigenvalue weighted by molar-refractivity contribution is 14.0. The number of nitrogens with zero attached hydrogens (tertiary/aromatic N) is 3. The molecule has 29 heavy (non-hydrogen) atoms. The van der Waals surface area contributed by atoms with Gasteiger partial charge < -0.3 is 15.2 Å². The largest absolute Gasteiger partial charge is 0.357 e. The summed E-state index contributed by atoms with van der Waals surface area (Å²) in [7, 11) is 0. The molecular weight excluding hydrogens is 545 g/mol. The summed E-state index contributed by atoms with van der Waals surface area (Å²) >= 11 is 3.69. The van der Waals surface area contributed by atoms with Crippen LogP contribution < -0.4 is 10.6 Å². The molecule has 0 bridgehead atoms. The first-order chi connectivity index (χ1) is 13.5. The van der Waals surface area contributed by atoms with Crippen molar-refractivity contribution >= 4 is 45.9 Å². The van der Waals surface area contributed by atoms with Gasteiger partial charge in [0.05, 0.1) is 6.54 Å². The van der Waals surface area contributed by atoms with Crippen molar-refractivity contribution < 1.29 is 4.52 Å². The average Bonchev–Trinajstić information content (AvgIpc) is 3.31. The zero-order valence-electron chi connectivity index (χ0n) is 17.4. The van der Waals surface area contributed by atoms with E-state index in [1.165, 1.54) is 22.9 Å². The highest BCUT2D eigenvalue weighted by Crippen LogP contribution is 2.50. The van der Waals surface area contributed by atoms with Crippen LogP contribution >= 0.6 is 39.9 Å². The minimum Gasteiger partial charge on any atom is -0.357 e. The molecule has 0 spiro atoms. The van der Waals surface area contributed by atoms with E-state index in [2.05, 4.69) is 81.7 Å². The average molecular weight is 576 g/mol. The predicted octanol–water partition coefficient (Wildman–Crippen LogP) is 4.79. The van der Waals surface area contributed by atoms with Crippen molar-refractivity contribution in [2.75, 3.05) is 19.6 Å². The summed E-state index contributed by atoms with van der Waals surface area (Å²) in [5.74, 6) is 2.65. The molecule has 2 aromatic rings. The summed E-state index contributed by atoms with van der Waals surface area (Å²) in [6.07, 6.45) is 4.06. The molecule has 0 aliphatic heterocycles. The number of hydrogen-bond donors (Lipinski definition) is 2. The molecule has 2 N–H and O–H groups in total. The Morgan fingerprint density at radius 2 is 2.03 bits per heavy atom. The van der Waals surface area contributed by atoms with Crippen molar-refractivity contribution in [2.24, 2.45) is 4.99 Å². The van der Waals surface area contributed by atoms with Gasteiger partial charge in [0.15, 0.2) is 11.8 Å². The van der Waals surface area contributed by atoms with Crippen LogP contribution in [0.15, 0.2) is 38.3 Å². The molecule has 1 aromatic carbocycles. The molecule has 1 aromatic heterocycles. The SMILES string of the molecule is CCNC(=NCC1(c2ccccc2Br)CC1)NCCCc1nc(C(C)C)no1.I. The van der Waals surface area contributed by atoms with Crippen LogP contribution in [0.3, 0.4) is 0 Å². The van der Waals surface area contributed by atoms with Crippen molar-refractivity contribution in [1.29, 1.82) is 0 Å². The third kappa shape index (κ3) is 6.67. The Bertz CT molecular complexity index is 804. The highest BCUT2D eigenvalue weighted by atomic mass is 127. The molecule has 8 heteroatoms. The number of nitrogens with one attached hydrogen (secondary N) is 2. The van der Waals surface area contributed by atoms with Crippen LogP contribution in [-0.2, 0) is 11.8 Å². The standard InChI is InChI=1S/C21H30BrN5O.HI/c1-4-23-20(24-13-7-10-18-26-19(15(2)3)27-28-18)25-14-21(11-12-21)16-8-5-6-9-17(16)22;/h5-6,8-9,15H,4,7,10-14H2,1-3H3,(H2,23,24,25);1H. The Morgan fingerprint density at radius 1 is 1.28 bits per heavy atom. The molecule has 1 aliphatic rings. The molecule has 160 valence electrons. The number of aryl methyl sites for hydroxylation is 1. The summed E-state index contributed by atoms with van der Waals surface area (Å²) in [6.45, 7) is 8.67. The number of rotatable bonds is 9. The van der Waals surface area contributed by atoms with E-state index in [9.17, 15) is 0 Å². The topological polar surface area (TPSA) is 75.3 Å². The lowest BCUT2D eigenvalue weighted by atomic mass is 9.96. The van der Waals surface area contributed by atoms with Gasteiger partial charge in [0.1, 0.15) is 0 Å². The Kier molecular flexibility index (Phi) is 9.39. The maximum atomic E-state index is 5.30. The molecule has 0 saturated heterocycles. The monoisotopic (exact) mass is 575 g/mol. The Hall–Kier alpha value is -1.16. The summed E-state index contributed by atoms with van der Waals surface area (Å²) in [5.41, 5.74) is 1.55. The lowest BCUT2D eigenvalue weighted by Gasteiger charge is -2.17. The Labute approximate surface area is 198 Å². The number of hydrogen-bond acceptors (Lipinski definition) is 4. The minimum absolute atomic E-state index is 0. The molecule has 1 fully saturated rings. The van der Waals surface area contributed by atoms with E-state index in [0.717, 1.165) is 44.3 Å². The second-order valence-corrected chi connectivity index (χ2v) is 8.54. The molecule has 1 heterocycles. The van der Waals surface area contributed by atoms with E-state index < -0.39 is 0 Å². The van der Waals surface area contributed by atoms with Crippen LogP contribution in [0.5, 0.6) is 0 Å². The lowest BCUT2D eigenvalue weighted by molar-refractivity contribution is 0.368. The van der Waals surface area contributed by atoms with Gasteiger partial charge in [-0.25, -0.2) is 0 Å². The summed E-state index contributed by atoms with van der Waals surface area (Å²) in [6, 6.07) is 8.50. The van der Waals surface area contributed by atoms with Crippen molar-refractivity contribution in [3.63, 3.8) is 0 Å². The molecule has 0 unspecified atom stereocenters. The molecular formula is C21H31BrIN5O. The van der Waals surface area contributed by atoms with Crippen molar-refractivity contribution in [3.8, 4) is 0 Å². The van der Waals surface area contributed by atoms with E-state index in [1.807, 2.05) is 0 Å². The van der Waals surface area contributed by atoms with Crippen molar-refractivity contribution in [2.45, 2.75) is 57.8 Å². The van der Waals surface area contributed by atoms with E-state index in [4.69, 9.17) is 9.52 Å². The fourth-order valence-corrected chi connectivity index (χ4v) is 3.88. The molecule has 1 saturated carbocycles. The predicted molar refractivity (Wildman–Crippen MR) is 131 cm³/mol. The third-order valence-corrected chi connectivity index (χ3v) is 5.73. The molecule has 3 rings (SSSR count). The zero-order valence-corrected chi connectivity index (χ0v) is 21.3. The Morgan fingerprint density at radius 3 is 2.66 bits per heavy atom. The van der Waals surface area contributed by atoms with Gasteiger partial charge in [0.25, 0.3) is 0 Å². The number of halogens is 2. The van der Waals surface area contributed by atoms with E-state index in [0.29, 0.717) is 11.8 Å². The Balaban J connectivity index is 0.00000300. The second-order valence-electron chi connectivity index (χ2n) is 7.69. The molecule has 0 amide bonds. The normalized spacial score (nSPS) is 15.1. The van der Waals surface area contributed by atoms with Gasteiger partial charge in [-0.05, 0) is 37.8 Å². The maximum absolute atomic E-state index is 5.30. The number of benzene rings is 1. The van der Waals surface area contributed by atoms with Gasteiger partial charge in [-0.3, -0.25) is 4.99 Å². The highest BCUT2D eigenvalue weighted by Gasteiger charge is 2.45. The zero-order chi connectivity index (χ0) is 20.0. The fraction of sp³-hybridized carbons (Fsp3) is 0.571. The van der Waals surface area contributed by atoms with Crippen molar-refractivity contribution in [3.05, 3.63) is 46.0 Å². The van der Waals surface area contributed by atoms with Crippen LogP contribution in [0.2, 0.25) is 0 Å². The summed E-state index contributed by atoms with van der Waals surface area (Å²) in [5, 5.41) is 10.8. The number of aliphatic imine (C=N–C) groups is 1. The van der Waals surface area contributed by atoms with Gasteiger partial charge in [-0.15, -0.1) is 24.0 Å². The number of guanidine groups is 1.